The smallest absolute Gasteiger partial charge is 0.254 e. The van der Waals surface area contributed by atoms with Gasteiger partial charge in [0.05, 0.1) is 10.7 Å². The Hall–Kier alpha value is -3.02. The van der Waals surface area contributed by atoms with Crippen molar-refractivity contribution in [1.29, 1.82) is 0 Å². The zero-order valence-electron chi connectivity index (χ0n) is 22.2. The van der Waals surface area contributed by atoms with E-state index in [9.17, 15) is 4.79 Å². The first-order chi connectivity index (χ1) is 17.9. The second-order valence-corrected chi connectivity index (χ2v) is 10.8. The van der Waals surface area contributed by atoms with Crippen LogP contribution in [0.4, 0.5) is 11.4 Å². The van der Waals surface area contributed by atoms with E-state index in [4.69, 9.17) is 11.6 Å². The van der Waals surface area contributed by atoms with E-state index in [1.807, 2.05) is 23.1 Å². The molecule has 0 aromatic heterocycles. The summed E-state index contributed by atoms with van der Waals surface area (Å²) in [4.78, 5) is 22.9. The maximum absolute atomic E-state index is 13.6. The summed E-state index contributed by atoms with van der Waals surface area (Å²) in [5.74, 6) is 0.141. The molecule has 2 aliphatic rings. The molecule has 2 aliphatic heterocycles. The minimum atomic E-state index is 0.141. The van der Waals surface area contributed by atoms with Crippen LogP contribution in [0.15, 0.2) is 60.7 Å². The predicted molar refractivity (Wildman–Crippen MR) is 154 cm³/mol. The molecule has 1 amide bonds. The number of nitrogens with zero attached hydrogens (tertiary/aromatic N) is 4. The molecule has 0 spiro atoms. The number of benzene rings is 3. The van der Waals surface area contributed by atoms with Gasteiger partial charge in [0.15, 0.2) is 0 Å². The maximum Gasteiger partial charge on any atom is 0.254 e. The molecule has 37 heavy (non-hydrogen) atoms. The van der Waals surface area contributed by atoms with Gasteiger partial charge in [-0.1, -0.05) is 48.0 Å². The SMILES string of the molecule is Cc1cc(C)c(C(=O)N2CCN(c3ccccc3Cl)CC2)cc1CN1CCN(c2ccccc2C)CC1. The fourth-order valence-corrected chi connectivity index (χ4v) is 5.89. The van der Waals surface area contributed by atoms with Gasteiger partial charge < -0.3 is 14.7 Å². The Labute approximate surface area is 226 Å². The highest BCUT2D eigenvalue weighted by Crippen LogP contribution is 2.27. The third-order valence-corrected chi connectivity index (χ3v) is 8.22. The van der Waals surface area contributed by atoms with Crippen molar-refractivity contribution in [2.24, 2.45) is 0 Å². The first-order valence-corrected chi connectivity index (χ1v) is 13.7. The number of amides is 1. The lowest BCUT2D eigenvalue weighted by atomic mass is 9.98. The van der Waals surface area contributed by atoms with Crippen LogP contribution in [0.25, 0.3) is 0 Å². The molecule has 2 fully saturated rings. The molecule has 5 rings (SSSR count). The molecular weight excluding hydrogens is 480 g/mol. The van der Waals surface area contributed by atoms with E-state index < -0.39 is 0 Å². The van der Waals surface area contributed by atoms with Crippen LogP contribution in [-0.4, -0.2) is 68.1 Å². The van der Waals surface area contributed by atoms with Crippen molar-refractivity contribution in [1.82, 2.24) is 9.80 Å². The number of piperazine rings is 2. The Morgan fingerprint density at radius 2 is 1.30 bits per heavy atom. The summed E-state index contributed by atoms with van der Waals surface area (Å²) in [6.45, 7) is 14.4. The number of hydrogen-bond donors (Lipinski definition) is 0. The molecular formula is C31H37ClN4O. The van der Waals surface area contributed by atoms with E-state index in [2.05, 4.69) is 77.9 Å². The van der Waals surface area contributed by atoms with Gasteiger partial charge in [-0.15, -0.1) is 0 Å². The van der Waals surface area contributed by atoms with Gasteiger partial charge in [-0.25, -0.2) is 0 Å². The monoisotopic (exact) mass is 516 g/mol. The van der Waals surface area contributed by atoms with Gasteiger partial charge in [0.2, 0.25) is 0 Å². The molecule has 0 aliphatic carbocycles. The molecule has 0 radical (unpaired) electrons. The van der Waals surface area contributed by atoms with Gasteiger partial charge in [-0.05, 0) is 67.3 Å². The lowest BCUT2D eigenvalue weighted by Crippen LogP contribution is -2.49. The molecule has 2 saturated heterocycles. The van der Waals surface area contributed by atoms with Crippen LogP contribution in [0, 0.1) is 20.8 Å². The van der Waals surface area contributed by atoms with Crippen LogP contribution in [0.3, 0.4) is 0 Å². The zero-order valence-corrected chi connectivity index (χ0v) is 23.0. The van der Waals surface area contributed by atoms with E-state index in [0.29, 0.717) is 13.1 Å². The highest BCUT2D eigenvalue weighted by atomic mass is 35.5. The normalized spacial score (nSPS) is 16.8. The number of halogens is 1. The van der Waals surface area contributed by atoms with Gasteiger partial charge >= 0.3 is 0 Å². The molecule has 5 nitrogen and oxygen atoms in total. The zero-order chi connectivity index (χ0) is 25.9. The van der Waals surface area contributed by atoms with Crippen molar-refractivity contribution in [3.8, 4) is 0 Å². The molecule has 0 N–H and O–H groups in total. The average Bonchev–Trinajstić information content (AvgIpc) is 2.91. The predicted octanol–water partition coefficient (Wildman–Crippen LogP) is 5.55. The highest BCUT2D eigenvalue weighted by Gasteiger charge is 2.25. The lowest BCUT2D eigenvalue weighted by Gasteiger charge is -2.37. The fraction of sp³-hybridized carbons (Fsp3) is 0.387. The van der Waals surface area contributed by atoms with E-state index >= 15 is 0 Å². The number of rotatable bonds is 5. The Bertz CT molecular complexity index is 1260. The number of aryl methyl sites for hydroxylation is 3. The van der Waals surface area contributed by atoms with Crippen molar-refractivity contribution < 1.29 is 4.79 Å². The van der Waals surface area contributed by atoms with Crippen molar-refractivity contribution >= 4 is 28.9 Å². The quantitative estimate of drug-likeness (QED) is 0.445. The first kappa shape index (κ1) is 25.6. The van der Waals surface area contributed by atoms with Gasteiger partial charge in [-0.3, -0.25) is 9.69 Å². The Morgan fingerprint density at radius 3 is 1.97 bits per heavy atom. The fourth-order valence-electron chi connectivity index (χ4n) is 5.63. The number of carbonyl (C=O) groups excluding carboxylic acids is 1. The molecule has 0 atom stereocenters. The maximum atomic E-state index is 13.6. The molecule has 0 saturated carbocycles. The van der Waals surface area contributed by atoms with E-state index in [-0.39, 0.29) is 5.91 Å². The third kappa shape index (κ3) is 5.63. The van der Waals surface area contributed by atoms with Crippen LogP contribution in [-0.2, 0) is 6.54 Å². The number of anilines is 2. The topological polar surface area (TPSA) is 30.0 Å². The van der Waals surface area contributed by atoms with E-state index in [0.717, 1.165) is 67.7 Å². The summed E-state index contributed by atoms with van der Waals surface area (Å²) >= 11 is 6.40. The van der Waals surface area contributed by atoms with Crippen molar-refractivity contribution in [3.05, 3.63) is 93.5 Å². The summed E-state index contributed by atoms with van der Waals surface area (Å²) < 4.78 is 0. The largest absolute Gasteiger partial charge is 0.369 e. The van der Waals surface area contributed by atoms with E-state index in [1.54, 1.807) is 0 Å². The van der Waals surface area contributed by atoms with Gasteiger partial charge in [0, 0.05) is 70.2 Å². The Morgan fingerprint density at radius 1 is 0.703 bits per heavy atom. The number of hydrogen-bond acceptors (Lipinski definition) is 4. The third-order valence-electron chi connectivity index (χ3n) is 7.90. The molecule has 194 valence electrons. The summed E-state index contributed by atoms with van der Waals surface area (Å²) in [5, 5.41) is 0.765. The van der Waals surface area contributed by atoms with Crippen LogP contribution < -0.4 is 9.80 Å². The Balaban J connectivity index is 1.22. The van der Waals surface area contributed by atoms with E-state index in [1.165, 1.54) is 22.4 Å². The highest BCUT2D eigenvalue weighted by molar-refractivity contribution is 6.33. The second kappa shape index (κ2) is 11.2. The van der Waals surface area contributed by atoms with Crippen molar-refractivity contribution in [3.63, 3.8) is 0 Å². The first-order valence-electron chi connectivity index (χ1n) is 13.3. The molecule has 0 unspecified atom stereocenters. The van der Waals surface area contributed by atoms with Gasteiger partial charge in [-0.2, -0.15) is 0 Å². The number of para-hydroxylation sites is 2. The summed E-state index contributed by atoms with van der Waals surface area (Å²) in [6, 6.07) is 20.9. The van der Waals surface area contributed by atoms with Crippen LogP contribution in [0.1, 0.15) is 32.6 Å². The molecule has 0 bridgehead atoms. The second-order valence-electron chi connectivity index (χ2n) is 10.4. The van der Waals surface area contributed by atoms with Crippen LogP contribution >= 0.6 is 11.6 Å². The summed E-state index contributed by atoms with van der Waals surface area (Å²) in [6.07, 6.45) is 0. The van der Waals surface area contributed by atoms with Gasteiger partial charge in [0.1, 0.15) is 0 Å². The lowest BCUT2D eigenvalue weighted by molar-refractivity contribution is 0.0746. The molecule has 3 aromatic carbocycles. The van der Waals surface area contributed by atoms with Crippen LogP contribution in [0.5, 0.6) is 0 Å². The van der Waals surface area contributed by atoms with Gasteiger partial charge in [0.25, 0.3) is 5.91 Å². The van der Waals surface area contributed by atoms with Crippen molar-refractivity contribution in [2.45, 2.75) is 27.3 Å². The molecule has 3 aromatic rings. The van der Waals surface area contributed by atoms with Crippen LogP contribution in [0.2, 0.25) is 5.02 Å². The minimum absolute atomic E-state index is 0.141. The molecule has 6 heteroatoms. The number of carbonyl (C=O) groups is 1. The minimum Gasteiger partial charge on any atom is -0.369 e. The standard InChI is InChI=1S/C31H37ClN4O/c1-23-8-4-6-10-29(23)34-14-12-33(13-15-34)22-26-21-27(25(3)20-24(26)2)31(37)36-18-16-35(17-19-36)30-11-7-5-9-28(30)32/h4-11,20-21H,12-19,22H2,1-3H3. The average molecular weight is 517 g/mol. The Kier molecular flexibility index (Phi) is 7.73. The summed E-state index contributed by atoms with van der Waals surface area (Å²) in [7, 11) is 0. The van der Waals surface area contributed by atoms with Crippen molar-refractivity contribution in [2.75, 3.05) is 62.2 Å². The molecule has 2 heterocycles. The summed E-state index contributed by atoms with van der Waals surface area (Å²) in [5.41, 5.74) is 8.14.